The summed E-state index contributed by atoms with van der Waals surface area (Å²) in [4.78, 5) is 18.1. The zero-order valence-electron chi connectivity index (χ0n) is 16.9. The van der Waals surface area contributed by atoms with Crippen molar-refractivity contribution in [2.75, 3.05) is 40.4 Å². The van der Waals surface area contributed by atoms with Gasteiger partial charge < -0.3 is 20.3 Å². The fraction of sp³-hybridized carbons (Fsp3) is 0.455. The second-order valence-corrected chi connectivity index (χ2v) is 7.50. The first-order chi connectivity index (χ1) is 13.5. The van der Waals surface area contributed by atoms with E-state index in [-0.39, 0.29) is 18.5 Å². The minimum absolute atomic E-state index is 0.0249. The summed E-state index contributed by atoms with van der Waals surface area (Å²) >= 11 is 0. The van der Waals surface area contributed by atoms with E-state index in [1.165, 1.54) is 16.3 Å². The van der Waals surface area contributed by atoms with Crippen molar-refractivity contribution in [2.45, 2.75) is 19.4 Å². The van der Waals surface area contributed by atoms with Crippen LogP contribution in [0.2, 0.25) is 0 Å². The van der Waals surface area contributed by atoms with Crippen LogP contribution in [0.1, 0.15) is 24.9 Å². The lowest BCUT2D eigenvalue weighted by Crippen LogP contribution is -2.42. The van der Waals surface area contributed by atoms with Crippen molar-refractivity contribution in [3.63, 3.8) is 0 Å². The molecular weight excluding hydrogens is 352 g/mol. The van der Waals surface area contributed by atoms with Gasteiger partial charge in [-0.1, -0.05) is 42.5 Å². The molecule has 0 radical (unpaired) electrons. The number of nitrogens with zero attached hydrogens (tertiary/aromatic N) is 2. The third-order valence-corrected chi connectivity index (χ3v) is 5.10. The molecule has 1 amide bonds. The van der Waals surface area contributed by atoms with Gasteiger partial charge in [0.1, 0.15) is 6.54 Å². The number of carbonyl (C=O) groups excluding carboxylic acids is 1. The van der Waals surface area contributed by atoms with Crippen molar-refractivity contribution >= 4 is 22.6 Å². The number of guanidine groups is 1. The van der Waals surface area contributed by atoms with Crippen LogP contribution >= 0.6 is 0 Å². The van der Waals surface area contributed by atoms with Gasteiger partial charge in [0, 0.05) is 33.2 Å². The van der Waals surface area contributed by atoms with Gasteiger partial charge in [-0.15, -0.1) is 0 Å². The van der Waals surface area contributed by atoms with E-state index in [0.717, 1.165) is 26.2 Å². The third-order valence-electron chi connectivity index (χ3n) is 5.10. The standard InChI is InChI=1S/C22H30N4O2/c1-16(19-10-6-8-18-7-4-5-9-20(18)19)25-22(24-14-21(27)26(2)3)23-13-17-11-12-28-15-17/h4-10,16-17H,11-15H2,1-3H3,(H2,23,24,25). The van der Waals surface area contributed by atoms with Gasteiger partial charge in [0.05, 0.1) is 12.6 Å². The number of fused-ring (bicyclic) bond motifs is 1. The predicted molar refractivity (Wildman–Crippen MR) is 113 cm³/mol. The molecule has 2 unspecified atom stereocenters. The summed E-state index contributed by atoms with van der Waals surface area (Å²) in [7, 11) is 3.49. The molecule has 6 nitrogen and oxygen atoms in total. The Kier molecular flexibility index (Phi) is 6.87. The molecule has 150 valence electrons. The van der Waals surface area contributed by atoms with E-state index in [9.17, 15) is 4.79 Å². The summed E-state index contributed by atoms with van der Waals surface area (Å²) < 4.78 is 5.46. The normalized spacial score (nSPS) is 18.1. The fourth-order valence-electron chi connectivity index (χ4n) is 3.34. The summed E-state index contributed by atoms with van der Waals surface area (Å²) in [6.45, 7) is 4.61. The van der Waals surface area contributed by atoms with Crippen LogP contribution in [0.4, 0.5) is 0 Å². The van der Waals surface area contributed by atoms with Crippen LogP contribution in [-0.2, 0) is 9.53 Å². The van der Waals surface area contributed by atoms with E-state index >= 15 is 0 Å². The molecule has 0 bridgehead atoms. The van der Waals surface area contributed by atoms with Crippen LogP contribution in [-0.4, -0.2) is 57.2 Å². The summed E-state index contributed by atoms with van der Waals surface area (Å²) in [5.74, 6) is 1.11. The molecule has 2 N–H and O–H groups in total. The largest absolute Gasteiger partial charge is 0.381 e. The van der Waals surface area contributed by atoms with Crippen LogP contribution in [0.25, 0.3) is 10.8 Å². The Bertz CT molecular complexity index is 823. The summed E-state index contributed by atoms with van der Waals surface area (Å²) in [5.41, 5.74) is 1.20. The first-order valence-corrected chi connectivity index (χ1v) is 9.85. The number of hydrogen-bond donors (Lipinski definition) is 2. The Balaban J connectivity index is 1.74. The topological polar surface area (TPSA) is 66.0 Å². The van der Waals surface area contributed by atoms with Crippen molar-refractivity contribution in [2.24, 2.45) is 10.9 Å². The maximum atomic E-state index is 12.0. The highest BCUT2D eigenvalue weighted by Gasteiger charge is 2.17. The monoisotopic (exact) mass is 382 g/mol. The molecule has 0 aliphatic carbocycles. The molecule has 0 aromatic heterocycles. The lowest BCUT2D eigenvalue weighted by atomic mass is 10.00. The maximum absolute atomic E-state index is 12.0. The second-order valence-electron chi connectivity index (χ2n) is 7.50. The van der Waals surface area contributed by atoms with Crippen LogP contribution < -0.4 is 10.6 Å². The van der Waals surface area contributed by atoms with Gasteiger partial charge in [-0.05, 0) is 29.7 Å². The van der Waals surface area contributed by atoms with Gasteiger partial charge in [-0.3, -0.25) is 4.79 Å². The number of hydrogen-bond acceptors (Lipinski definition) is 3. The molecule has 2 aromatic rings. The molecule has 1 fully saturated rings. The van der Waals surface area contributed by atoms with Gasteiger partial charge in [0.15, 0.2) is 5.96 Å². The predicted octanol–water partition coefficient (Wildman–Crippen LogP) is 2.56. The highest BCUT2D eigenvalue weighted by molar-refractivity contribution is 5.88. The number of likely N-dealkylation sites (N-methyl/N-ethyl adjacent to an activating group) is 1. The van der Waals surface area contributed by atoms with Crippen molar-refractivity contribution in [3.8, 4) is 0 Å². The molecule has 28 heavy (non-hydrogen) atoms. The minimum Gasteiger partial charge on any atom is -0.381 e. The van der Waals surface area contributed by atoms with Crippen molar-refractivity contribution < 1.29 is 9.53 Å². The molecular formula is C22H30N4O2. The zero-order chi connectivity index (χ0) is 19.9. The molecule has 2 atom stereocenters. The third kappa shape index (κ3) is 5.23. The Hall–Kier alpha value is -2.60. The Morgan fingerprint density at radius 2 is 2.04 bits per heavy atom. The molecule has 1 heterocycles. The van der Waals surface area contributed by atoms with Crippen molar-refractivity contribution in [1.29, 1.82) is 0 Å². The van der Waals surface area contributed by atoms with E-state index in [4.69, 9.17) is 4.74 Å². The number of nitrogens with one attached hydrogen (secondary N) is 2. The first kappa shape index (κ1) is 20.1. The highest BCUT2D eigenvalue weighted by Crippen LogP contribution is 2.24. The number of ether oxygens (including phenoxy) is 1. The second kappa shape index (κ2) is 9.55. The highest BCUT2D eigenvalue weighted by atomic mass is 16.5. The van der Waals surface area contributed by atoms with E-state index in [0.29, 0.717) is 11.9 Å². The van der Waals surface area contributed by atoms with Gasteiger partial charge >= 0.3 is 0 Å². The Morgan fingerprint density at radius 3 is 2.79 bits per heavy atom. The quantitative estimate of drug-likeness (QED) is 0.595. The Morgan fingerprint density at radius 1 is 1.25 bits per heavy atom. The number of benzene rings is 2. The van der Waals surface area contributed by atoms with Crippen LogP contribution in [0.5, 0.6) is 0 Å². The maximum Gasteiger partial charge on any atom is 0.243 e. The van der Waals surface area contributed by atoms with E-state index in [1.807, 2.05) is 0 Å². The van der Waals surface area contributed by atoms with Gasteiger partial charge in [0.25, 0.3) is 0 Å². The molecule has 6 heteroatoms. The molecule has 1 aliphatic rings. The smallest absolute Gasteiger partial charge is 0.243 e. The van der Waals surface area contributed by atoms with Gasteiger partial charge in [0.2, 0.25) is 5.91 Å². The van der Waals surface area contributed by atoms with Crippen molar-refractivity contribution in [1.82, 2.24) is 15.5 Å². The van der Waals surface area contributed by atoms with E-state index in [2.05, 4.69) is 65.0 Å². The van der Waals surface area contributed by atoms with Crippen LogP contribution in [0.3, 0.4) is 0 Å². The molecule has 1 saturated heterocycles. The summed E-state index contributed by atoms with van der Waals surface area (Å²) in [5, 5.41) is 9.30. The molecule has 3 rings (SSSR count). The summed E-state index contributed by atoms with van der Waals surface area (Å²) in [6, 6.07) is 14.7. The summed E-state index contributed by atoms with van der Waals surface area (Å²) in [6.07, 6.45) is 1.05. The molecule has 1 aliphatic heterocycles. The van der Waals surface area contributed by atoms with Crippen LogP contribution in [0.15, 0.2) is 47.5 Å². The van der Waals surface area contributed by atoms with E-state index in [1.54, 1.807) is 19.0 Å². The van der Waals surface area contributed by atoms with Gasteiger partial charge in [-0.2, -0.15) is 0 Å². The molecule has 2 aromatic carbocycles. The lowest BCUT2D eigenvalue weighted by molar-refractivity contribution is -0.127. The molecule has 0 spiro atoms. The average Bonchev–Trinajstić information content (AvgIpc) is 3.22. The van der Waals surface area contributed by atoms with E-state index < -0.39 is 0 Å². The average molecular weight is 383 g/mol. The minimum atomic E-state index is -0.0249. The number of rotatable bonds is 6. The molecule has 0 saturated carbocycles. The Labute approximate surface area is 167 Å². The first-order valence-electron chi connectivity index (χ1n) is 9.85. The number of carbonyl (C=O) groups is 1. The lowest BCUT2D eigenvalue weighted by Gasteiger charge is -2.21. The van der Waals surface area contributed by atoms with Crippen molar-refractivity contribution in [3.05, 3.63) is 48.0 Å². The van der Waals surface area contributed by atoms with Crippen LogP contribution in [0, 0.1) is 5.92 Å². The number of aliphatic imine (C=N–C) groups is 1. The zero-order valence-corrected chi connectivity index (χ0v) is 16.9. The SMILES string of the molecule is CC(NC(=NCC(=O)N(C)C)NCC1CCOC1)c1cccc2ccccc12. The fourth-order valence-corrected chi connectivity index (χ4v) is 3.34. The number of amides is 1. The van der Waals surface area contributed by atoms with Gasteiger partial charge in [-0.25, -0.2) is 4.99 Å².